The largest absolute Gasteiger partial charge is 0.273 e. The molecule has 2 fully saturated rings. The highest BCUT2D eigenvalue weighted by atomic mass is 16.7. The van der Waals surface area contributed by atoms with E-state index in [1.54, 1.807) is 17.2 Å². The molecule has 0 spiro atoms. The van der Waals surface area contributed by atoms with Gasteiger partial charge in [-0.3, -0.25) is 14.4 Å². The molecule has 2 heterocycles. The molecule has 6 heteroatoms. The maximum absolute atomic E-state index is 13.7. The zero-order valence-corrected chi connectivity index (χ0v) is 17.7. The second-order valence-corrected chi connectivity index (χ2v) is 8.19. The first-order chi connectivity index (χ1) is 15.5. The van der Waals surface area contributed by atoms with E-state index in [4.69, 9.17) is 10.1 Å². The zero-order valence-electron chi connectivity index (χ0n) is 17.7. The van der Waals surface area contributed by atoms with Crippen LogP contribution in [0.4, 0.5) is 11.4 Å². The molecular formula is C26H21N3O3. The van der Waals surface area contributed by atoms with Crippen molar-refractivity contribution in [2.45, 2.75) is 26.0 Å². The summed E-state index contributed by atoms with van der Waals surface area (Å²) in [6.45, 7) is 3.87. The molecule has 0 saturated carbocycles. The van der Waals surface area contributed by atoms with Gasteiger partial charge in [-0.15, -0.1) is 0 Å². The third-order valence-electron chi connectivity index (χ3n) is 6.10. The van der Waals surface area contributed by atoms with Gasteiger partial charge < -0.3 is 0 Å². The van der Waals surface area contributed by atoms with E-state index in [2.05, 4.69) is 6.07 Å². The number of carbonyl (C=O) groups excluding carboxylic acids is 2. The lowest BCUT2D eigenvalue weighted by Crippen LogP contribution is -2.37. The van der Waals surface area contributed by atoms with Gasteiger partial charge in [0.05, 0.1) is 29.0 Å². The number of para-hydroxylation sites is 1. The smallest absolute Gasteiger partial charge is 0.266 e. The average molecular weight is 423 g/mol. The van der Waals surface area contributed by atoms with Crippen LogP contribution >= 0.6 is 0 Å². The van der Waals surface area contributed by atoms with Gasteiger partial charge in [-0.25, -0.2) is 9.96 Å². The summed E-state index contributed by atoms with van der Waals surface area (Å²) in [6.07, 6.45) is -0.913. The van der Waals surface area contributed by atoms with Crippen LogP contribution in [0.1, 0.15) is 28.3 Å². The second kappa shape index (κ2) is 7.63. The van der Waals surface area contributed by atoms with Gasteiger partial charge in [0.15, 0.2) is 6.10 Å². The van der Waals surface area contributed by atoms with Crippen LogP contribution in [0.2, 0.25) is 0 Å². The van der Waals surface area contributed by atoms with E-state index < -0.39 is 18.1 Å². The number of aryl methyl sites for hydroxylation is 2. The maximum Gasteiger partial charge on any atom is 0.266 e. The minimum absolute atomic E-state index is 0.278. The van der Waals surface area contributed by atoms with Crippen LogP contribution in [-0.4, -0.2) is 17.9 Å². The van der Waals surface area contributed by atoms with E-state index in [0.29, 0.717) is 11.3 Å². The quantitative estimate of drug-likeness (QED) is 0.590. The van der Waals surface area contributed by atoms with Crippen molar-refractivity contribution in [2.24, 2.45) is 5.92 Å². The van der Waals surface area contributed by atoms with Gasteiger partial charge >= 0.3 is 0 Å². The van der Waals surface area contributed by atoms with Crippen LogP contribution in [0.3, 0.4) is 0 Å². The SMILES string of the molecule is Cc1ccc(N2C(=O)[C@@H]3[C@@H](ON(c4ccccc4)[C@H]3c3ccc(C#N)cc3)C2=O)c(C)c1. The second-order valence-electron chi connectivity index (χ2n) is 8.19. The molecule has 3 atom stereocenters. The fourth-order valence-corrected chi connectivity index (χ4v) is 4.60. The van der Waals surface area contributed by atoms with E-state index in [9.17, 15) is 9.59 Å². The Kier molecular flexibility index (Phi) is 4.76. The first-order valence-electron chi connectivity index (χ1n) is 10.5. The Labute approximate surface area is 186 Å². The molecule has 0 N–H and O–H groups in total. The Morgan fingerprint density at radius 3 is 2.28 bits per heavy atom. The number of nitrogens with zero attached hydrogens (tertiary/aromatic N) is 3. The predicted molar refractivity (Wildman–Crippen MR) is 120 cm³/mol. The monoisotopic (exact) mass is 423 g/mol. The van der Waals surface area contributed by atoms with Crippen molar-refractivity contribution in [2.75, 3.05) is 9.96 Å². The minimum Gasteiger partial charge on any atom is -0.273 e. The Hall–Kier alpha value is -3.95. The molecule has 0 unspecified atom stereocenters. The van der Waals surface area contributed by atoms with Crippen LogP contribution in [0.15, 0.2) is 72.8 Å². The highest BCUT2D eigenvalue weighted by molar-refractivity contribution is 6.24. The van der Waals surface area contributed by atoms with E-state index in [-0.39, 0.29) is 11.8 Å². The van der Waals surface area contributed by atoms with Gasteiger partial charge in [-0.05, 0) is 55.3 Å². The van der Waals surface area contributed by atoms with Gasteiger partial charge in [0.25, 0.3) is 5.91 Å². The van der Waals surface area contributed by atoms with Crippen molar-refractivity contribution < 1.29 is 14.4 Å². The van der Waals surface area contributed by atoms with Crippen molar-refractivity contribution >= 4 is 23.2 Å². The maximum atomic E-state index is 13.7. The molecule has 0 bridgehead atoms. The van der Waals surface area contributed by atoms with E-state index in [1.807, 2.05) is 74.5 Å². The third kappa shape index (κ3) is 3.06. The van der Waals surface area contributed by atoms with Crippen molar-refractivity contribution in [1.29, 1.82) is 5.26 Å². The lowest BCUT2D eigenvalue weighted by Gasteiger charge is -2.29. The van der Waals surface area contributed by atoms with Crippen LogP contribution in [-0.2, 0) is 14.4 Å². The number of benzene rings is 3. The summed E-state index contributed by atoms with van der Waals surface area (Å²) in [5.41, 5.74) is 4.61. The number of amides is 2. The summed E-state index contributed by atoms with van der Waals surface area (Å²) in [5, 5.41) is 10.8. The van der Waals surface area contributed by atoms with Gasteiger partial charge in [0.1, 0.15) is 5.92 Å². The number of rotatable bonds is 3. The zero-order chi connectivity index (χ0) is 22.4. The first kappa shape index (κ1) is 20.0. The standard InChI is InChI=1S/C26H21N3O3/c1-16-8-13-21(17(2)14-16)28-25(30)22-23(19-11-9-18(15-27)10-12-19)29(32-24(22)26(28)31)20-6-4-3-5-7-20/h3-14,22-24H,1-2H3/t22-,23-,24+/m0/s1. The van der Waals surface area contributed by atoms with Crippen LogP contribution in [0, 0.1) is 31.1 Å². The molecule has 2 saturated heterocycles. The van der Waals surface area contributed by atoms with E-state index in [0.717, 1.165) is 22.4 Å². The number of nitriles is 1. The van der Waals surface area contributed by atoms with Gasteiger partial charge in [0.2, 0.25) is 5.91 Å². The molecule has 5 rings (SSSR count). The Morgan fingerprint density at radius 1 is 0.906 bits per heavy atom. The molecule has 3 aromatic carbocycles. The topological polar surface area (TPSA) is 73.6 Å². The molecule has 0 radical (unpaired) electrons. The van der Waals surface area contributed by atoms with Crippen molar-refractivity contribution in [3.05, 3.63) is 95.1 Å². The highest BCUT2D eigenvalue weighted by Gasteiger charge is 2.60. The number of fused-ring (bicyclic) bond motifs is 1. The number of anilines is 2. The summed E-state index contributed by atoms with van der Waals surface area (Å²) in [6, 6.07) is 23.8. The number of hydrogen-bond acceptors (Lipinski definition) is 5. The Morgan fingerprint density at radius 2 is 1.62 bits per heavy atom. The van der Waals surface area contributed by atoms with Gasteiger partial charge in [0, 0.05) is 0 Å². The molecule has 3 aromatic rings. The number of carbonyl (C=O) groups is 2. The van der Waals surface area contributed by atoms with Crippen LogP contribution in [0.5, 0.6) is 0 Å². The van der Waals surface area contributed by atoms with Crippen molar-refractivity contribution in [1.82, 2.24) is 0 Å². The normalized spacial score (nSPS) is 22.2. The van der Waals surface area contributed by atoms with Gasteiger partial charge in [-0.2, -0.15) is 5.26 Å². The molecule has 2 amide bonds. The van der Waals surface area contributed by atoms with E-state index >= 15 is 0 Å². The lowest BCUT2D eigenvalue weighted by molar-refractivity contribution is -0.126. The molecule has 158 valence electrons. The predicted octanol–water partition coefficient (Wildman–Crippen LogP) is 4.23. The molecular weight excluding hydrogens is 402 g/mol. The molecule has 0 aromatic heterocycles. The number of hydroxylamine groups is 1. The number of hydrogen-bond donors (Lipinski definition) is 0. The summed E-state index contributed by atoms with van der Waals surface area (Å²) < 4.78 is 0. The highest BCUT2D eigenvalue weighted by Crippen LogP contribution is 2.47. The summed E-state index contributed by atoms with van der Waals surface area (Å²) in [4.78, 5) is 34.5. The summed E-state index contributed by atoms with van der Waals surface area (Å²) in [7, 11) is 0. The minimum atomic E-state index is -0.913. The van der Waals surface area contributed by atoms with Crippen molar-refractivity contribution in [3.63, 3.8) is 0 Å². The molecule has 6 nitrogen and oxygen atoms in total. The summed E-state index contributed by atoms with van der Waals surface area (Å²) >= 11 is 0. The molecule has 32 heavy (non-hydrogen) atoms. The molecule has 0 aliphatic carbocycles. The average Bonchev–Trinajstić information content (AvgIpc) is 3.31. The van der Waals surface area contributed by atoms with E-state index in [1.165, 1.54) is 4.90 Å². The molecule has 2 aliphatic heterocycles. The van der Waals surface area contributed by atoms with Crippen molar-refractivity contribution in [3.8, 4) is 6.07 Å². The fourth-order valence-electron chi connectivity index (χ4n) is 4.60. The summed E-state index contributed by atoms with van der Waals surface area (Å²) in [5.74, 6) is -1.33. The Bertz CT molecular complexity index is 1250. The number of imide groups is 1. The molecule has 2 aliphatic rings. The van der Waals surface area contributed by atoms with Crippen LogP contribution in [0.25, 0.3) is 0 Å². The van der Waals surface area contributed by atoms with Crippen LogP contribution < -0.4 is 9.96 Å². The first-order valence-corrected chi connectivity index (χ1v) is 10.5. The third-order valence-corrected chi connectivity index (χ3v) is 6.10. The Balaban J connectivity index is 1.59. The van der Waals surface area contributed by atoms with Gasteiger partial charge in [-0.1, -0.05) is 48.0 Å². The fraction of sp³-hybridized carbons (Fsp3) is 0.192. The lowest BCUT2D eigenvalue weighted by atomic mass is 9.90.